The van der Waals surface area contributed by atoms with Gasteiger partial charge in [0.05, 0.1) is 0 Å². The van der Waals surface area contributed by atoms with Crippen LogP contribution in [0.1, 0.15) is 49.4 Å². The highest BCUT2D eigenvalue weighted by Crippen LogP contribution is 2.21. The van der Waals surface area contributed by atoms with Gasteiger partial charge in [-0.3, -0.25) is 9.59 Å². The van der Waals surface area contributed by atoms with Crippen LogP contribution in [0.2, 0.25) is 0 Å². The highest BCUT2D eigenvalue weighted by Gasteiger charge is 2.19. The molecule has 23 heavy (non-hydrogen) atoms. The third-order valence-electron chi connectivity index (χ3n) is 3.86. The molecule has 1 aliphatic carbocycles. The first-order valence-corrected chi connectivity index (χ1v) is 8.14. The summed E-state index contributed by atoms with van der Waals surface area (Å²) in [5, 5.41) is 0. The molecule has 0 bridgehead atoms. The predicted octanol–water partition coefficient (Wildman–Crippen LogP) is 2.86. The average Bonchev–Trinajstić information content (AvgIpc) is 2.58. The largest absolute Gasteiger partial charge is 0.484 e. The van der Waals surface area contributed by atoms with Crippen molar-refractivity contribution in [2.24, 2.45) is 5.73 Å². The molecule has 1 aromatic rings. The molecule has 0 atom stereocenters. The third-order valence-corrected chi connectivity index (χ3v) is 3.86. The van der Waals surface area contributed by atoms with E-state index < -0.39 is 5.91 Å². The zero-order chi connectivity index (χ0) is 16.7. The third kappa shape index (κ3) is 4.84. The van der Waals surface area contributed by atoms with Gasteiger partial charge < -0.3 is 15.4 Å². The van der Waals surface area contributed by atoms with Crippen molar-refractivity contribution in [1.82, 2.24) is 4.90 Å². The standard InChI is InChI=1S/C18H24N2O3/c1-2-12-20(15-6-4-3-5-7-15)17(21)13-23-16-10-8-14(9-11-16)18(19)22/h6,8-11H,2-5,7,12-13H2,1H3,(H2,19,22). The lowest BCUT2D eigenvalue weighted by molar-refractivity contribution is -0.131. The van der Waals surface area contributed by atoms with E-state index in [0.717, 1.165) is 31.4 Å². The smallest absolute Gasteiger partial charge is 0.264 e. The van der Waals surface area contributed by atoms with Crippen LogP contribution in [0.4, 0.5) is 0 Å². The Morgan fingerprint density at radius 1 is 1.22 bits per heavy atom. The maximum absolute atomic E-state index is 12.5. The average molecular weight is 316 g/mol. The molecule has 0 spiro atoms. The molecule has 2 amide bonds. The fraction of sp³-hybridized carbons (Fsp3) is 0.444. The van der Waals surface area contributed by atoms with Crippen molar-refractivity contribution in [3.8, 4) is 5.75 Å². The summed E-state index contributed by atoms with van der Waals surface area (Å²) in [6.45, 7) is 2.77. The number of nitrogens with two attached hydrogens (primary N) is 1. The van der Waals surface area contributed by atoms with Gasteiger partial charge in [-0.2, -0.15) is 0 Å². The SMILES string of the molecule is CCCN(C(=O)COc1ccc(C(N)=O)cc1)C1=CCCCC1. The summed E-state index contributed by atoms with van der Waals surface area (Å²) in [7, 11) is 0. The van der Waals surface area contributed by atoms with Crippen molar-refractivity contribution in [3.63, 3.8) is 0 Å². The fourth-order valence-electron chi connectivity index (χ4n) is 2.66. The molecule has 5 nitrogen and oxygen atoms in total. The number of carbonyl (C=O) groups is 2. The molecule has 5 heteroatoms. The molecule has 0 heterocycles. The van der Waals surface area contributed by atoms with Gasteiger partial charge in [0.1, 0.15) is 5.75 Å². The van der Waals surface area contributed by atoms with Crippen LogP contribution in [0.3, 0.4) is 0 Å². The first-order chi connectivity index (χ1) is 11.1. The zero-order valence-electron chi connectivity index (χ0n) is 13.6. The normalized spacial score (nSPS) is 14.0. The Morgan fingerprint density at radius 3 is 2.52 bits per heavy atom. The van der Waals surface area contributed by atoms with Gasteiger partial charge in [0.15, 0.2) is 6.61 Å². The summed E-state index contributed by atoms with van der Waals surface area (Å²) in [5.41, 5.74) is 6.74. The molecular formula is C18H24N2O3. The molecule has 0 aliphatic heterocycles. The lowest BCUT2D eigenvalue weighted by atomic mass is 10.0. The second kappa shape index (κ2) is 8.36. The van der Waals surface area contributed by atoms with Crippen LogP contribution in [-0.2, 0) is 4.79 Å². The molecule has 0 radical (unpaired) electrons. The van der Waals surface area contributed by atoms with Gasteiger partial charge in [-0.05, 0) is 56.4 Å². The van der Waals surface area contributed by atoms with Crippen LogP contribution >= 0.6 is 0 Å². The van der Waals surface area contributed by atoms with Crippen molar-refractivity contribution in [2.75, 3.05) is 13.2 Å². The number of primary amides is 1. The lowest BCUT2D eigenvalue weighted by Gasteiger charge is -2.27. The van der Waals surface area contributed by atoms with Gasteiger partial charge in [-0.15, -0.1) is 0 Å². The molecule has 2 rings (SSSR count). The van der Waals surface area contributed by atoms with Gasteiger partial charge in [0.25, 0.3) is 5.91 Å². The van der Waals surface area contributed by atoms with E-state index >= 15 is 0 Å². The number of allylic oxidation sites excluding steroid dienone is 2. The highest BCUT2D eigenvalue weighted by atomic mass is 16.5. The predicted molar refractivity (Wildman–Crippen MR) is 89.0 cm³/mol. The van der Waals surface area contributed by atoms with Gasteiger partial charge >= 0.3 is 0 Å². The minimum absolute atomic E-state index is 0.00669. The summed E-state index contributed by atoms with van der Waals surface area (Å²) in [6, 6.07) is 6.49. The Labute approximate surface area is 137 Å². The minimum atomic E-state index is -0.481. The molecule has 1 aliphatic rings. The van der Waals surface area contributed by atoms with E-state index in [1.807, 2.05) is 4.90 Å². The summed E-state index contributed by atoms with van der Waals surface area (Å²) in [4.78, 5) is 25.3. The van der Waals surface area contributed by atoms with E-state index in [9.17, 15) is 9.59 Å². The Balaban J connectivity index is 1.95. The van der Waals surface area contributed by atoms with Gasteiger partial charge in [0, 0.05) is 17.8 Å². The Bertz CT molecular complexity index is 578. The minimum Gasteiger partial charge on any atom is -0.484 e. The summed E-state index contributed by atoms with van der Waals surface area (Å²) < 4.78 is 5.55. The first-order valence-electron chi connectivity index (χ1n) is 8.14. The summed E-state index contributed by atoms with van der Waals surface area (Å²) in [5.74, 6) is 0.0439. The van der Waals surface area contributed by atoms with E-state index in [1.54, 1.807) is 24.3 Å². The van der Waals surface area contributed by atoms with E-state index in [0.29, 0.717) is 17.9 Å². The number of ether oxygens (including phenoxy) is 1. The van der Waals surface area contributed by atoms with Crippen molar-refractivity contribution < 1.29 is 14.3 Å². The number of benzene rings is 1. The Hall–Kier alpha value is -2.30. The Morgan fingerprint density at radius 2 is 1.96 bits per heavy atom. The first kappa shape index (κ1) is 17.1. The lowest BCUT2D eigenvalue weighted by Crippen LogP contribution is -2.35. The number of amides is 2. The second-order valence-electron chi connectivity index (χ2n) is 5.66. The Kier molecular flexibility index (Phi) is 6.20. The van der Waals surface area contributed by atoms with Crippen LogP contribution in [0, 0.1) is 0 Å². The number of carbonyl (C=O) groups excluding carboxylic acids is 2. The van der Waals surface area contributed by atoms with Crippen molar-refractivity contribution in [3.05, 3.63) is 41.6 Å². The molecule has 0 aromatic heterocycles. The monoisotopic (exact) mass is 316 g/mol. The van der Waals surface area contributed by atoms with E-state index in [2.05, 4.69) is 13.0 Å². The van der Waals surface area contributed by atoms with Crippen molar-refractivity contribution >= 4 is 11.8 Å². The van der Waals surface area contributed by atoms with Crippen molar-refractivity contribution in [1.29, 1.82) is 0 Å². The fourth-order valence-corrected chi connectivity index (χ4v) is 2.66. The number of hydrogen-bond acceptors (Lipinski definition) is 3. The van der Waals surface area contributed by atoms with Crippen molar-refractivity contribution in [2.45, 2.75) is 39.0 Å². The van der Waals surface area contributed by atoms with E-state index in [4.69, 9.17) is 10.5 Å². The number of nitrogens with zero attached hydrogens (tertiary/aromatic N) is 1. The maximum atomic E-state index is 12.5. The molecule has 2 N–H and O–H groups in total. The quantitative estimate of drug-likeness (QED) is 0.840. The van der Waals surface area contributed by atoms with Crippen LogP contribution in [0.25, 0.3) is 0 Å². The topological polar surface area (TPSA) is 72.6 Å². The molecule has 0 saturated carbocycles. The number of hydrogen-bond donors (Lipinski definition) is 1. The zero-order valence-corrected chi connectivity index (χ0v) is 13.6. The molecule has 1 aromatic carbocycles. The van der Waals surface area contributed by atoms with Crippen LogP contribution in [-0.4, -0.2) is 29.9 Å². The number of rotatable bonds is 7. The molecule has 0 fully saturated rings. The van der Waals surface area contributed by atoms with Crippen LogP contribution < -0.4 is 10.5 Å². The van der Waals surface area contributed by atoms with Crippen LogP contribution in [0.15, 0.2) is 36.0 Å². The summed E-state index contributed by atoms with van der Waals surface area (Å²) in [6.07, 6.45) is 7.40. The second-order valence-corrected chi connectivity index (χ2v) is 5.66. The molecule has 124 valence electrons. The van der Waals surface area contributed by atoms with E-state index in [-0.39, 0.29) is 12.5 Å². The van der Waals surface area contributed by atoms with Crippen LogP contribution in [0.5, 0.6) is 5.75 Å². The molecule has 0 saturated heterocycles. The molecular weight excluding hydrogens is 292 g/mol. The van der Waals surface area contributed by atoms with E-state index in [1.165, 1.54) is 6.42 Å². The summed E-state index contributed by atoms with van der Waals surface area (Å²) >= 11 is 0. The van der Waals surface area contributed by atoms with Gasteiger partial charge in [-0.25, -0.2) is 0 Å². The van der Waals surface area contributed by atoms with Gasteiger partial charge in [0.2, 0.25) is 5.91 Å². The van der Waals surface area contributed by atoms with Gasteiger partial charge in [-0.1, -0.05) is 13.0 Å². The maximum Gasteiger partial charge on any atom is 0.264 e. The highest BCUT2D eigenvalue weighted by molar-refractivity contribution is 5.92. The molecule has 0 unspecified atom stereocenters.